The van der Waals surface area contributed by atoms with Crippen LogP contribution in [0.2, 0.25) is 0 Å². The Hall–Kier alpha value is -1.94. The van der Waals surface area contributed by atoms with Crippen molar-refractivity contribution < 1.29 is 9.53 Å². The van der Waals surface area contributed by atoms with E-state index in [0.717, 1.165) is 27.6 Å². The second kappa shape index (κ2) is 12.7. The van der Waals surface area contributed by atoms with Crippen molar-refractivity contribution in [1.29, 1.82) is 0 Å². The van der Waals surface area contributed by atoms with Gasteiger partial charge < -0.3 is 4.74 Å². The Morgan fingerprint density at radius 2 is 1.73 bits per heavy atom. The average Bonchev–Trinajstić information content (AvgIpc) is 2.95. The summed E-state index contributed by atoms with van der Waals surface area (Å²) in [5.41, 5.74) is 1.99. The van der Waals surface area contributed by atoms with Crippen molar-refractivity contribution >= 4 is 29.0 Å². The van der Waals surface area contributed by atoms with Crippen LogP contribution in [0.1, 0.15) is 91.2 Å². The zero-order valence-corrected chi connectivity index (χ0v) is 21.5. The third-order valence-corrected chi connectivity index (χ3v) is 4.63. The molecule has 1 aromatic heterocycles. The smallest absolute Gasteiger partial charge is 0.311 e. The second-order valence-corrected chi connectivity index (χ2v) is 10.5. The van der Waals surface area contributed by atoms with Crippen molar-refractivity contribution in [2.45, 2.75) is 82.1 Å². The van der Waals surface area contributed by atoms with Gasteiger partial charge in [0.05, 0.1) is 22.0 Å². The molecule has 0 aliphatic rings. The minimum atomic E-state index is -0.226. The van der Waals surface area contributed by atoms with Crippen LogP contribution in [0.3, 0.4) is 0 Å². The molecule has 0 saturated carbocycles. The number of nitrogens with zero attached hydrogens (tertiary/aromatic N) is 1. The van der Waals surface area contributed by atoms with Gasteiger partial charge in [-0.05, 0) is 36.3 Å². The highest BCUT2D eigenvalue weighted by molar-refractivity contribution is 7.12. The predicted molar refractivity (Wildman–Crippen MR) is 133 cm³/mol. The van der Waals surface area contributed by atoms with E-state index in [9.17, 15) is 4.79 Å². The van der Waals surface area contributed by atoms with Crippen LogP contribution < -0.4 is 0 Å². The first-order valence-electron chi connectivity index (χ1n) is 10.7. The third kappa shape index (κ3) is 11.3. The van der Waals surface area contributed by atoms with Crippen LogP contribution in [0.4, 0.5) is 0 Å². The summed E-state index contributed by atoms with van der Waals surface area (Å²) in [5.74, 6) is 0.312. The van der Waals surface area contributed by atoms with Gasteiger partial charge in [-0.2, -0.15) is 0 Å². The molecule has 1 heterocycles. The number of aromatic nitrogens is 1. The summed E-state index contributed by atoms with van der Waals surface area (Å²) in [6, 6.07) is 0. The van der Waals surface area contributed by atoms with Crippen LogP contribution in [0.25, 0.3) is 11.6 Å². The van der Waals surface area contributed by atoms with Gasteiger partial charge in [-0.1, -0.05) is 80.2 Å². The largest absolute Gasteiger partial charge is 0.426 e. The molecule has 4 heteroatoms. The molecule has 1 aromatic rings. The van der Waals surface area contributed by atoms with E-state index in [-0.39, 0.29) is 16.8 Å². The summed E-state index contributed by atoms with van der Waals surface area (Å²) < 4.78 is 5.65. The number of hydrogen-bond donors (Lipinski definition) is 0. The normalized spacial score (nSPS) is 13.1. The Labute approximate surface area is 188 Å². The Morgan fingerprint density at radius 1 is 1.13 bits per heavy atom. The molecule has 0 unspecified atom stereocenters. The highest BCUT2D eigenvalue weighted by Crippen LogP contribution is 2.31. The van der Waals surface area contributed by atoms with Crippen LogP contribution in [0.15, 0.2) is 36.6 Å². The van der Waals surface area contributed by atoms with Gasteiger partial charge >= 0.3 is 5.97 Å². The number of esters is 1. The highest BCUT2D eigenvalue weighted by Gasteiger charge is 2.20. The Bertz CT molecular complexity index is 781. The van der Waals surface area contributed by atoms with Crippen molar-refractivity contribution in [1.82, 2.24) is 4.98 Å². The Balaban J connectivity index is 0.00000407. The number of carbonyl (C=O) groups is 1. The molecule has 0 bridgehead atoms. The maximum absolute atomic E-state index is 12.3. The summed E-state index contributed by atoms with van der Waals surface area (Å²) in [7, 11) is 0. The minimum Gasteiger partial charge on any atom is -0.426 e. The van der Waals surface area contributed by atoms with Crippen molar-refractivity contribution in [3.05, 3.63) is 52.2 Å². The number of rotatable bonds is 7. The van der Waals surface area contributed by atoms with E-state index in [1.165, 1.54) is 0 Å². The lowest BCUT2D eigenvalue weighted by Crippen LogP contribution is -2.14. The van der Waals surface area contributed by atoms with Gasteiger partial charge in [-0.3, -0.25) is 4.79 Å². The van der Waals surface area contributed by atoms with Crippen LogP contribution in [-0.4, -0.2) is 11.0 Å². The zero-order valence-electron chi connectivity index (χ0n) is 20.7. The number of hydrogen-bond acceptors (Lipinski definition) is 4. The molecule has 30 heavy (non-hydrogen) atoms. The van der Waals surface area contributed by atoms with Crippen molar-refractivity contribution in [3.63, 3.8) is 0 Å². The topological polar surface area (TPSA) is 39.2 Å². The monoisotopic (exact) mass is 431 g/mol. The molecule has 0 radical (unpaired) electrons. The lowest BCUT2D eigenvalue weighted by molar-refractivity contribution is -0.140. The standard InChI is InChI=1S/C24H35NO2S.C2H6/c1-10-12-17(3)22-19(28-20(25-22)15-23(4,5)6)14-18(13-11-2)27-21(26)16-24(7,8)9;1-2/h10-14H,1,15-16H2,2-9H3;1-2H3/b13-11+,17-12+,18-14+;. The van der Waals surface area contributed by atoms with Gasteiger partial charge in [-0.25, -0.2) is 4.98 Å². The molecular weight excluding hydrogens is 390 g/mol. The fourth-order valence-electron chi connectivity index (χ4n) is 2.55. The molecule has 0 spiro atoms. The zero-order chi connectivity index (χ0) is 23.5. The lowest BCUT2D eigenvalue weighted by atomic mass is 9.92. The van der Waals surface area contributed by atoms with E-state index in [1.54, 1.807) is 17.4 Å². The van der Waals surface area contributed by atoms with Crippen LogP contribution in [0.5, 0.6) is 0 Å². The number of carbonyl (C=O) groups excluding carboxylic acids is 1. The number of ether oxygens (including phenoxy) is 1. The molecule has 0 aliphatic heterocycles. The van der Waals surface area contributed by atoms with Gasteiger partial charge in [-0.15, -0.1) is 11.3 Å². The molecule has 0 atom stereocenters. The van der Waals surface area contributed by atoms with E-state index in [4.69, 9.17) is 9.72 Å². The second-order valence-electron chi connectivity index (χ2n) is 9.40. The summed E-state index contributed by atoms with van der Waals surface area (Å²) in [5, 5.41) is 1.08. The van der Waals surface area contributed by atoms with Gasteiger partial charge in [0.2, 0.25) is 0 Å². The van der Waals surface area contributed by atoms with Crippen LogP contribution in [-0.2, 0) is 16.0 Å². The summed E-state index contributed by atoms with van der Waals surface area (Å²) in [4.78, 5) is 18.2. The molecule has 1 rings (SSSR count). The van der Waals surface area contributed by atoms with Gasteiger partial charge in [0, 0.05) is 12.5 Å². The van der Waals surface area contributed by atoms with E-state index >= 15 is 0 Å². The van der Waals surface area contributed by atoms with Crippen LogP contribution in [0, 0.1) is 10.8 Å². The predicted octanol–water partition coefficient (Wildman–Crippen LogP) is 8.24. The molecule has 168 valence electrons. The summed E-state index contributed by atoms with van der Waals surface area (Å²) >= 11 is 1.65. The molecule has 0 amide bonds. The van der Waals surface area contributed by atoms with E-state index in [1.807, 2.05) is 72.8 Å². The first-order valence-corrected chi connectivity index (χ1v) is 11.5. The first kappa shape index (κ1) is 28.1. The average molecular weight is 432 g/mol. The van der Waals surface area contributed by atoms with Gasteiger partial charge in [0.1, 0.15) is 5.76 Å². The Morgan fingerprint density at radius 3 is 2.20 bits per heavy atom. The summed E-state index contributed by atoms with van der Waals surface area (Å²) in [6.07, 6.45) is 10.6. The van der Waals surface area contributed by atoms with E-state index in [0.29, 0.717) is 12.2 Å². The molecular formula is C26H41NO2S. The SMILES string of the molecule is C=C/C=C(\C)c1nc(CC(C)(C)C)sc1/C=C(\C=C\C)OC(=O)CC(C)(C)C.CC. The molecule has 3 nitrogen and oxygen atoms in total. The van der Waals surface area contributed by atoms with E-state index < -0.39 is 0 Å². The van der Waals surface area contributed by atoms with Crippen LogP contribution >= 0.6 is 11.3 Å². The van der Waals surface area contributed by atoms with Crippen molar-refractivity contribution in [3.8, 4) is 0 Å². The molecule has 0 fully saturated rings. The first-order chi connectivity index (χ1) is 13.8. The maximum atomic E-state index is 12.3. The molecule has 0 aliphatic carbocycles. The Kier molecular flexibility index (Phi) is 11.9. The quantitative estimate of drug-likeness (QED) is 0.248. The van der Waals surface area contributed by atoms with Gasteiger partial charge in [0.25, 0.3) is 0 Å². The third-order valence-electron chi connectivity index (χ3n) is 3.63. The van der Waals surface area contributed by atoms with Gasteiger partial charge in [0.15, 0.2) is 0 Å². The fourth-order valence-corrected chi connectivity index (χ4v) is 3.92. The number of thiazole rings is 1. The maximum Gasteiger partial charge on any atom is 0.311 e. The van der Waals surface area contributed by atoms with E-state index in [2.05, 4.69) is 27.4 Å². The van der Waals surface area contributed by atoms with Crippen molar-refractivity contribution in [2.75, 3.05) is 0 Å². The highest BCUT2D eigenvalue weighted by atomic mass is 32.1. The molecule has 0 N–H and O–H groups in total. The number of allylic oxidation sites excluding steroid dienone is 5. The molecule has 0 aromatic carbocycles. The molecule has 0 saturated heterocycles. The van der Waals surface area contributed by atoms with Crippen molar-refractivity contribution in [2.24, 2.45) is 10.8 Å². The minimum absolute atomic E-state index is 0.114. The fraction of sp³-hybridized carbons (Fsp3) is 0.538. The lowest BCUT2D eigenvalue weighted by Gasteiger charge is -2.16. The summed E-state index contributed by atoms with van der Waals surface area (Å²) in [6.45, 7) is 24.4.